The van der Waals surface area contributed by atoms with E-state index < -0.39 is 0 Å². The quantitative estimate of drug-likeness (QED) is 0.783. The van der Waals surface area contributed by atoms with Crippen LogP contribution in [0.5, 0.6) is 0 Å². The molecule has 0 bridgehead atoms. The lowest BCUT2D eigenvalue weighted by Crippen LogP contribution is -2.34. The Morgan fingerprint density at radius 3 is 3.00 bits per heavy atom. The molecule has 5 nitrogen and oxygen atoms in total. The van der Waals surface area contributed by atoms with E-state index in [9.17, 15) is 4.79 Å². The van der Waals surface area contributed by atoms with E-state index in [2.05, 4.69) is 14.9 Å². The van der Waals surface area contributed by atoms with E-state index in [0.717, 1.165) is 12.4 Å². The summed E-state index contributed by atoms with van der Waals surface area (Å²) in [6.45, 7) is 1.35. The van der Waals surface area contributed by atoms with Crippen LogP contribution in [0.15, 0.2) is 11.1 Å². The number of halogens is 1. The van der Waals surface area contributed by atoms with Crippen LogP contribution in [0.2, 0.25) is 0 Å². The van der Waals surface area contributed by atoms with Crippen LogP contribution in [0, 0.1) is 3.57 Å². The predicted molar refractivity (Wildman–Crippen MR) is 67.0 cm³/mol. The van der Waals surface area contributed by atoms with Gasteiger partial charge in [0.1, 0.15) is 9.39 Å². The van der Waals surface area contributed by atoms with Crippen LogP contribution in [-0.2, 0) is 0 Å². The molecule has 1 fully saturated rings. The van der Waals surface area contributed by atoms with Crippen LogP contribution in [0.1, 0.15) is 12.8 Å². The molecule has 0 aromatic carbocycles. The number of nitrogens with one attached hydrogen (secondary N) is 1. The molecular formula is C9H13IN4O. The van der Waals surface area contributed by atoms with Gasteiger partial charge in [0.05, 0.1) is 6.33 Å². The summed E-state index contributed by atoms with van der Waals surface area (Å²) in [7, 11) is 0. The molecule has 82 valence electrons. The highest BCUT2D eigenvalue weighted by Crippen LogP contribution is 2.31. The predicted octanol–water partition coefficient (Wildman–Crippen LogP) is 0.302. The van der Waals surface area contributed by atoms with Crippen molar-refractivity contribution >= 4 is 28.4 Å². The van der Waals surface area contributed by atoms with Crippen molar-refractivity contribution in [3.8, 4) is 0 Å². The lowest BCUT2D eigenvalue weighted by Gasteiger charge is -2.23. The average molecular weight is 320 g/mol. The minimum atomic E-state index is -0.0803. The van der Waals surface area contributed by atoms with Crippen molar-refractivity contribution in [2.24, 2.45) is 5.73 Å². The molecule has 0 unspecified atom stereocenters. The Morgan fingerprint density at radius 2 is 2.40 bits per heavy atom. The molecule has 3 N–H and O–H groups in total. The SMILES string of the molecule is NCCN(c1nc[nH]c(=O)c1I)C1CC1. The molecule has 2 rings (SSSR count). The zero-order valence-electron chi connectivity index (χ0n) is 8.24. The summed E-state index contributed by atoms with van der Waals surface area (Å²) in [6.07, 6.45) is 3.79. The fourth-order valence-corrected chi connectivity index (χ4v) is 2.17. The Kier molecular flexibility index (Phi) is 3.25. The molecule has 1 aliphatic rings. The van der Waals surface area contributed by atoms with E-state index in [4.69, 9.17) is 5.73 Å². The van der Waals surface area contributed by atoms with Crippen LogP contribution in [0.25, 0.3) is 0 Å². The molecule has 0 saturated heterocycles. The van der Waals surface area contributed by atoms with E-state index >= 15 is 0 Å². The molecular weight excluding hydrogens is 307 g/mol. The van der Waals surface area contributed by atoms with Crippen LogP contribution < -0.4 is 16.2 Å². The van der Waals surface area contributed by atoms with Gasteiger partial charge < -0.3 is 15.6 Å². The van der Waals surface area contributed by atoms with Crippen molar-refractivity contribution in [1.29, 1.82) is 0 Å². The molecule has 1 saturated carbocycles. The number of nitrogens with two attached hydrogens (primary N) is 1. The van der Waals surface area contributed by atoms with Crippen molar-refractivity contribution < 1.29 is 0 Å². The van der Waals surface area contributed by atoms with Gasteiger partial charge in [-0.2, -0.15) is 0 Å². The fourth-order valence-electron chi connectivity index (χ4n) is 1.56. The van der Waals surface area contributed by atoms with Gasteiger partial charge in [0.25, 0.3) is 5.56 Å². The number of nitrogens with zero attached hydrogens (tertiary/aromatic N) is 2. The number of H-pyrrole nitrogens is 1. The summed E-state index contributed by atoms with van der Waals surface area (Å²) >= 11 is 2.03. The third kappa shape index (κ3) is 2.31. The molecule has 0 amide bonds. The molecule has 0 radical (unpaired) electrons. The van der Waals surface area contributed by atoms with E-state index in [1.54, 1.807) is 0 Å². The van der Waals surface area contributed by atoms with Crippen LogP contribution in [-0.4, -0.2) is 29.1 Å². The number of hydrogen-bond donors (Lipinski definition) is 2. The number of aromatic amines is 1. The minimum Gasteiger partial charge on any atom is -0.351 e. The van der Waals surface area contributed by atoms with Gasteiger partial charge in [-0.1, -0.05) is 0 Å². The second-order valence-electron chi connectivity index (χ2n) is 3.58. The summed E-state index contributed by atoms with van der Waals surface area (Å²) in [5, 5.41) is 0. The maximum absolute atomic E-state index is 11.4. The van der Waals surface area contributed by atoms with Gasteiger partial charge in [-0.3, -0.25) is 4.79 Å². The second-order valence-corrected chi connectivity index (χ2v) is 4.66. The first-order valence-corrected chi connectivity index (χ1v) is 6.02. The highest BCUT2D eigenvalue weighted by atomic mass is 127. The maximum atomic E-state index is 11.4. The lowest BCUT2D eigenvalue weighted by molar-refractivity contribution is 0.764. The van der Waals surface area contributed by atoms with E-state index in [-0.39, 0.29) is 5.56 Å². The summed E-state index contributed by atoms with van der Waals surface area (Å²) in [6, 6.07) is 0.524. The minimum absolute atomic E-state index is 0.0803. The Morgan fingerprint density at radius 1 is 1.67 bits per heavy atom. The maximum Gasteiger partial charge on any atom is 0.266 e. The van der Waals surface area contributed by atoms with Gasteiger partial charge in [-0.25, -0.2) is 4.98 Å². The highest BCUT2D eigenvalue weighted by molar-refractivity contribution is 14.1. The Labute approximate surface area is 101 Å². The Balaban J connectivity index is 2.32. The number of rotatable bonds is 4. The van der Waals surface area contributed by atoms with Crippen LogP contribution >= 0.6 is 22.6 Å². The van der Waals surface area contributed by atoms with Gasteiger partial charge >= 0.3 is 0 Å². The van der Waals surface area contributed by atoms with Gasteiger partial charge in [-0.05, 0) is 35.4 Å². The van der Waals surface area contributed by atoms with Gasteiger partial charge in [0.2, 0.25) is 0 Å². The molecule has 0 spiro atoms. The fraction of sp³-hybridized carbons (Fsp3) is 0.556. The van der Waals surface area contributed by atoms with Gasteiger partial charge in [0.15, 0.2) is 0 Å². The smallest absolute Gasteiger partial charge is 0.266 e. The van der Waals surface area contributed by atoms with Crippen molar-refractivity contribution in [2.75, 3.05) is 18.0 Å². The Hall–Kier alpha value is -0.630. The number of hydrogen-bond acceptors (Lipinski definition) is 4. The zero-order chi connectivity index (χ0) is 10.8. The summed E-state index contributed by atoms with van der Waals surface area (Å²) < 4.78 is 0.649. The topological polar surface area (TPSA) is 75.0 Å². The second kappa shape index (κ2) is 4.48. The third-order valence-electron chi connectivity index (χ3n) is 2.41. The van der Waals surface area contributed by atoms with E-state index in [0.29, 0.717) is 16.2 Å². The molecule has 0 aliphatic heterocycles. The van der Waals surface area contributed by atoms with Crippen molar-refractivity contribution in [2.45, 2.75) is 18.9 Å². The largest absolute Gasteiger partial charge is 0.351 e. The molecule has 1 aromatic heterocycles. The van der Waals surface area contributed by atoms with E-state index in [1.165, 1.54) is 19.2 Å². The first kappa shape index (κ1) is 10.9. The molecule has 1 heterocycles. The Bertz CT molecular complexity index is 401. The van der Waals surface area contributed by atoms with Crippen LogP contribution in [0.4, 0.5) is 5.82 Å². The molecule has 0 atom stereocenters. The zero-order valence-corrected chi connectivity index (χ0v) is 10.4. The lowest BCUT2D eigenvalue weighted by atomic mass is 10.4. The molecule has 6 heteroatoms. The standard InChI is InChI=1S/C9H13IN4O/c10-7-8(12-5-13-9(7)15)14(4-3-11)6-1-2-6/h5-6H,1-4,11H2,(H,12,13,15). The first-order chi connectivity index (χ1) is 7.24. The third-order valence-corrected chi connectivity index (χ3v) is 3.38. The van der Waals surface area contributed by atoms with Gasteiger partial charge in [0, 0.05) is 19.1 Å². The number of anilines is 1. The molecule has 1 aromatic rings. The van der Waals surface area contributed by atoms with E-state index in [1.807, 2.05) is 22.6 Å². The highest BCUT2D eigenvalue weighted by Gasteiger charge is 2.30. The monoisotopic (exact) mass is 320 g/mol. The summed E-state index contributed by atoms with van der Waals surface area (Å²) in [4.78, 5) is 20.4. The van der Waals surface area contributed by atoms with Crippen molar-refractivity contribution in [1.82, 2.24) is 9.97 Å². The van der Waals surface area contributed by atoms with Crippen molar-refractivity contribution in [3.63, 3.8) is 0 Å². The molecule has 1 aliphatic carbocycles. The first-order valence-electron chi connectivity index (χ1n) is 4.94. The van der Waals surface area contributed by atoms with Gasteiger partial charge in [-0.15, -0.1) is 0 Å². The normalized spacial score (nSPS) is 15.3. The van der Waals surface area contributed by atoms with Crippen LogP contribution in [0.3, 0.4) is 0 Å². The van der Waals surface area contributed by atoms with Crippen molar-refractivity contribution in [3.05, 3.63) is 20.3 Å². The molecule has 15 heavy (non-hydrogen) atoms. The average Bonchev–Trinajstić information content (AvgIpc) is 3.03. The summed E-state index contributed by atoms with van der Waals surface area (Å²) in [5.74, 6) is 0.771. The number of aromatic nitrogens is 2. The summed E-state index contributed by atoms with van der Waals surface area (Å²) in [5.41, 5.74) is 5.48.